The van der Waals surface area contributed by atoms with Crippen molar-refractivity contribution in [3.63, 3.8) is 0 Å². The number of rotatable bonds is 6. The summed E-state index contributed by atoms with van der Waals surface area (Å²) in [5.74, 6) is -0.0544. The van der Waals surface area contributed by atoms with Crippen LogP contribution in [0.2, 0.25) is 0 Å². The molecule has 0 aliphatic heterocycles. The molecule has 3 rings (SSSR count). The van der Waals surface area contributed by atoms with E-state index in [1.165, 1.54) is 17.9 Å². The predicted molar refractivity (Wildman–Crippen MR) is 103 cm³/mol. The molecule has 1 amide bonds. The summed E-state index contributed by atoms with van der Waals surface area (Å²) < 4.78 is 0. The zero-order valence-corrected chi connectivity index (χ0v) is 14.6. The molecule has 1 aromatic heterocycles. The highest BCUT2D eigenvalue weighted by molar-refractivity contribution is 5.88. The number of benzene rings is 2. The van der Waals surface area contributed by atoms with Crippen LogP contribution in [0.5, 0.6) is 0 Å². The van der Waals surface area contributed by atoms with Gasteiger partial charge >= 0.3 is 0 Å². The highest BCUT2D eigenvalue weighted by atomic mass is 16.1. The number of carbonyl (C=O) groups is 1. The molecular weight excluding hydrogens is 310 g/mol. The van der Waals surface area contributed by atoms with Crippen LogP contribution in [0.15, 0.2) is 60.8 Å². The Morgan fingerprint density at radius 2 is 1.92 bits per heavy atom. The van der Waals surface area contributed by atoms with E-state index in [9.17, 15) is 4.79 Å². The number of nitrogens with one attached hydrogen (secondary N) is 2. The minimum Gasteiger partial charge on any atom is -0.326 e. The first-order valence-electron chi connectivity index (χ1n) is 8.57. The fourth-order valence-corrected chi connectivity index (χ4v) is 3.00. The Bertz CT molecular complexity index is 870. The van der Waals surface area contributed by atoms with Gasteiger partial charge in [-0.15, -0.1) is 0 Å². The normalized spacial score (nSPS) is 12.1. The van der Waals surface area contributed by atoms with Gasteiger partial charge in [0.05, 0.1) is 5.52 Å². The molecular formula is C21H23N3O. The lowest BCUT2D eigenvalue weighted by Gasteiger charge is -2.16. The second-order valence-electron chi connectivity index (χ2n) is 6.22. The fraction of sp³-hybridized carbons (Fsp3) is 0.238. The van der Waals surface area contributed by atoms with E-state index in [-0.39, 0.29) is 11.9 Å². The number of nitrogens with zero attached hydrogens (tertiary/aromatic N) is 1. The zero-order chi connectivity index (χ0) is 17.6. The van der Waals surface area contributed by atoms with Crippen LogP contribution in [-0.2, 0) is 11.2 Å². The molecule has 4 heteroatoms. The van der Waals surface area contributed by atoms with Crippen molar-refractivity contribution in [2.24, 2.45) is 0 Å². The Kier molecular flexibility index (Phi) is 5.41. The standard InChI is InChI=1S/C21H23N3O/c1-15(19-8-4-10-20(14-19)24-16(2)25)22-13-11-18-7-3-6-17-9-5-12-23-21(17)18/h3-10,12,14-15,22H,11,13H2,1-2H3,(H,24,25). The van der Waals surface area contributed by atoms with Crippen molar-refractivity contribution in [3.8, 4) is 0 Å². The molecule has 1 unspecified atom stereocenters. The minimum atomic E-state index is -0.0544. The molecule has 25 heavy (non-hydrogen) atoms. The Balaban J connectivity index is 1.62. The summed E-state index contributed by atoms with van der Waals surface area (Å²) in [7, 11) is 0. The quantitative estimate of drug-likeness (QED) is 0.714. The van der Waals surface area contributed by atoms with Gasteiger partial charge in [0.15, 0.2) is 0 Å². The van der Waals surface area contributed by atoms with Gasteiger partial charge in [-0.3, -0.25) is 9.78 Å². The average Bonchev–Trinajstić information content (AvgIpc) is 2.61. The number of fused-ring (bicyclic) bond motifs is 1. The monoisotopic (exact) mass is 333 g/mol. The first-order chi connectivity index (χ1) is 12.1. The Morgan fingerprint density at radius 1 is 1.12 bits per heavy atom. The molecule has 1 atom stereocenters. The Hall–Kier alpha value is -2.72. The second kappa shape index (κ2) is 7.90. The van der Waals surface area contributed by atoms with Crippen molar-refractivity contribution >= 4 is 22.5 Å². The van der Waals surface area contributed by atoms with Crippen molar-refractivity contribution in [1.29, 1.82) is 0 Å². The molecule has 2 N–H and O–H groups in total. The third-order valence-corrected chi connectivity index (χ3v) is 4.27. The fourth-order valence-electron chi connectivity index (χ4n) is 3.00. The molecule has 0 aliphatic carbocycles. The first-order valence-corrected chi connectivity index (χ1v) is 8.57. The van der Waals surface area contributed by atoms with Crippen molar-refractivity contribution in [2.45, 2.75) is 26.3 Å². The Morgan fingerprint density at radius 3 is 2.76 bits per heavy atom. The van der Waals surface area contributed by atoms with E-state index in [1.54, 1.807) is 0 Å². The largest absolute Gasteiger partial charge is 0.326 e. The van der Waals surface area contributed by atoms with E-state index in [0.717, 1.165) is 29.7 Å². The van der Waals surface area contributed by atoms with E-state index in [1.807, 2.05) is 30.5 Å². The first kappa shape index (κ1) is 17.1. The minimum absolute atomic E-state index is 0.0544. The summed E-state index contributed by atoms with van der Waals surface area (Å²) in [4.78, 5) is 15.7. The van der Waals surface area contributed by atoms with Crippen LogP contribution in [-0.4, -0.2) is 17.4 Å². The molecule has 0 saturated carbocycles. The van der Waals surface area contributed by atoms with Crippen LogP contribution >= 0.6 is 0 Å². The van der Waals surface area contributed by atoms with Gasteiger partial charge in [-0.2, -0.15) is 0 Å². The van der Waals surface area contributed by atoms with Crippen LogP contribution in [0.25, 0.3) is 10.9 Å². The molecule has 0 bridgehead atoms. The predicted octanol–water partition coefficient (Wildman–Crippen LogP) is 4.09. The summed E-state index contributed by atoms with van der Waals surface area (Å²) in [6, 6.07) is 18.5. The third-order valence-electron chi connectivity index (χ3n) is 4.27. The van der Waals surface area contributed by atoms with Crippen molar-refractivity contribution < 1.29 is 4.79 Å². The number of amides is 1. The zero-order valence-electron chi connectivity index (χ0n) is 14.6. The van der Waals surface area contributed by atoms with Crippen LogP contribution in [0.1, 0.15) is 31.0 Å². The lowest BCUT2D eigenvalue weighted by atomic mass is 10.1. The Labute approximate surface area is 148 Å². The van der Waals surface area contributed by atoms with Crippen molar-refractivity contribution in [2.75, 3.05) is 11.9 Å². The van der Waals surface area contributed by atoms with Crippen LogP contribution in [0.4, 0.5) is 5.69 Å². The van der Waals surface area contributed by atoms with E-state index < -0.39 is 0 Å². The molecule has 3 aromatic rings. The molecule has 0 aliphatic rings. The van der Waals surface area contributed by atoms with E-state index >= 15 is 0 Å². The average molecular weight is 333 g/mol. The number of pyridine rings is 1. The maximum absolute atomic E-state index is 11.2. The van der Waals surface area contributed by atoms with Gasteiger partial charge in [0.25, 0.3) is 0 Å². The van der Waals surface area contributed by atoms with Gasteiger partial charge in [-0.05, 0) is 49.2 Å². The van der Waals surface area contributed by atoms with Gasteiger partial charge in [0, 0.05) is 30.2 Å². The molecule has 2 aromatic carbocycles. The van der Waals surface area contributed by atoms with Crippen molar-refractivity contribution in [1.82, 2.24) is 10.3 Å². The molecule has 4 nitrogen and oxygen atoms in total. The highest BCUT2D eigenvalue weighted by Gasteiger charge is 2.07. The number of aromatic nitrogens is 1. The second-order valence-corrected chi connectivity index (χ2v) is 6.22. The number of carbonyl (C=O) groups excluding carboxylic acids is 1. The van der Waals surface area contributed by atoms with Crippen LogP contribution in [0, 0.1) is 0 Å². The lowest BCUT2D eigenvalue weighted by Crippen LogP contribution is -2.21. The van der Waals surface area contributed by atoms with Gasteiger partial charge < -0.3 is 10.6 Å². The third kappa shape index (κ3) is 4.43. The number of anilines is 1. The van der Waals surface area contributed by atoms with Gasteiger partial charge in [0.1, 0.15) is 0 Å². The summed E-state index contributed by atoms with van der Waals surface area (Å²) >= 11 is 0. The molecule has 0 spiro atoms. The summed E-state index contributed by atoms with van der Waals surface area (Å²) in [6.45, 7) is 4.52. The molecule has 128 valence electrons. The van der Waals surface area contributed by atoms with E-state index in [2.05, 4.69) is 52.9 Å². The van der Waals surface area contributed by atoms with E-state index in [0.29, 0.717) is 0 Å². The summed E-state index contributed by atoms with van der Waals surface area (Å²) in [5.41, 5.74) is 4.32. The topological polar surface area (TPSA) is 54.0 Å². The molecule has 0 saturated heterocycles. The van der Waals surface area contributed by atoms with E-state index in [4.69, 9.17) is 0 Å². The molecule has 1 heterocycles. The van der Waals surface area contributed by atoms with Gasteiger partial charge in [-0.25, -0.2) is 0 Å². The van der Waals surface area contributed by atoms with Crippen LogP contribution in [0.3, 0.4) is 0 Å². The van der Waals surface area contributed by atoms with Gasteiger partial charge in [-0.1, -0.05) is 36.4 Å². The number of hydrogen-bond acceptors (Lipinski definition) is 3. The molecule has 0 radical (unpaired) electrons. The smallest absolute Gasteiger partial charge is 0.221 e. The lowest BCUT2D eigenvalue weighted by molar-refractivity contribution is -0.114. The number of para-hydroxylation sites is 1. The SMILES string of the molecule is CC(=O)Nc1cccc(C(C)NCCc2cccc3cccnc23)c1. The van der Waals surface area contributed by atoms with Gasteiger partial charge in [0.2, 0.25) is 5.91 Å². The molecule has 0 fully saturated rings. The summed E-state index contributed by atoms with van der Waals surface area (Å²) in [6.07, 6.45) is 2.76. The maximum atomic E-state index is 11.2. The van der Waals surface area contributed by atoms with Crippen LogP contribution < -0.4 is 10.6 Å². The van der Waals surface area contributed by atoms with Crippen molar-refractivity contribution in [3.05, 3.63) is 71.9 Å². The maximum Gasteiger partial charge on any atom is 0.221 e. The summed E-state index contributed by atoms with van der Waals surface area (Å²) in [5, 5.41) is 7.56. The number of hydrogen-bond donors (Lipinski definition) is 2. The highest BCUT2D eigenvalue weighted by Crippen LogP contribution is 2.19.